The standard InChI is InChI=1S/C13H19NO/c1-15-10-12-4-2-11(3-5-12)6-7-13(14)8-9-13/h2-5H,6-10,14H2,1H3. The highest BCUT2D eigenvalue weighted by Crippen LogP contribution is 2.36. The summed E-state index contributed by atoms with van der Waals surface area (Å²) in [6.07, 6.45) is 4.63. The summed E-state index contributed by atoms with van der Waals surface area (Å²) in [6.45, 7) is 0.696. The van der Waals surface area contributed by atoms with Crippen molar-refractivity contribution >= 4 is 0 Å². The van der Waals surface area contributed by atoms with Gasteiger partial charge in [-0.25, -0.2) is 0 Å². The van der Waals surface area contributed by atoms with Gasteiger partial charge in [-0.05, 0) is 36.8 Å². The summed E-state index contributed by atoms with van der Waals surface area (Å²) in [7, 11) is 1.72. The van der Waals surface area contributed by atoms with Crippen LogP contribution in [0, 0.1) is 0 Å². The van der Waals surface area contributed by atoms with E-state index in [1.807, 2.05) is 0 Å². The Bertz CT molecular complexity index is 314. The molecule has 0 atom stereocenters. The van der Waals surface area contributed by atoms with Crippen molar-refractivity contribution in [3.05, 3.63) is 35.4 Å². The van der Waals surface area contributed by atoms with E-state index in [0.717, 1.165) is 12.8 Å². The molecule has 0 unspecified atom stereocenters. The SMILES string of the molecule is COCc1ccc(CCC2(N)CC2)cc1. The van der Waals surface area contributed by atoms with Crippen LogP contribution in [0.1, 0.15) is 30.4 Å². The molecule has 2 rings (SSSR count). The summed E-state index contributed by atoms with van der Waals surface area (Å²) in [6, 6.07) is 8.63. The molecule has 0 radical (unpaired) electrons. The molecule has 1 aromatic rings. The van der Waals surface area contributed by atoms with Gasteiger partial charge in [-0.2, -0.15) is 0 Å². The first-order valence-electron chi connectivity index (χ1n) is 5.57. The summed E-state index contributed by atoms with van der Waals surface area (Å²) in [5.74, 6) is 0. The third kappa shape index (κ3) is 3.05. The van der Waals surface area contributed by atoms with Crippen molar-refractivity contribution in [1.29, 1.82) is 0 Å². The van der Waals surface area contributed by atoms with Crippen LogP contribution >= 0.6 is 0 Å². The van der Waals surface area contributed by atoms with Crippen LogP contribution in [0.3, 0.4) is 0 Å². The molecule has 1 fully saturated rings. The first-order valence-corrected chi connectivity index (χ1v) is 5.57. The molecule has 2 heteroatoms. The molecular formula is C13H19NO. The molecule has 15 heavy (non-hydrogen) atoms. The molecule has 2 N–H and O–H groups in total. The van der Waals surface area contributed by atoms with Crippen LogP contribution in [0.25, 0.3) is 0 Å². The normalized spacial score (nSPS) is 17.7. The van der Waals surface area contributed by atoms with E-state index in [-0.39, 0.29) is 5.54 Å². The number of methoxy groups -OCH3 is 1. The molecule has 0 amide bonds. The lowest BCUT2D eigenvalue weighted by atomic mass is 10.0. The Morgan fingerprint density at radius 2 is 1.80 bits per heavy atom. The molecule has 0 saturated heterocycles. The van der Waals surface area contributed by atoms with E-state index in [4.69, 9.17) is 10.5 Å². The molecule has 0 heterocycles. The minimum absolute atomic E-state index is 0.172. The van der Waals surface area contributed by atoms with Crippen LogP contribution in [0.2, 0.25) is 0 Å². The number of benzene rings is 1. The van der Waals surface area contributed by atoms with Crippen LogP contribution in [0.15, 0.2) is 24.3 Å². The van der Waals surface area contributed by atoms with Crippen molar-refractivity contribution < 1.29 is 4.74 Å². The van der Waals surface area contributed by atoms with Gasteiger partial charge in [0.1, 0.15) is 0 Å². The predicted octanol–water partition coefficient (Wildman–Crippen LogP) is 2.26. The highest BCUT2D eigenvalue weighted by molar-refractivity contribution is 5.22. The van der Waals surface area contributed by atoms with Gasteiger partial charge in [0, 0.05) is 12.6 Å². The molecule has 1 saturated carbocycles. The number of rotatable bonds is 5. The van der Waals surface area contributed by atoms with Gasteiger partial charge >= 0.3 is 0 Å². The number of hydrogen-bond acceptors (Lipinski definition) is 2. The Labute approximate surface area is 91.4 Å². The largest absolute Gasteiger partial charge is 0.380 e. The van der Waals surface area contributed by atoms with Crippen molar-refractivity contribution in [2.75, 3.05) is 7.11 Å². The highest BCUT2D eigenvalue weighted by atomic mass is 16.5. The van der Waals surface area contributed by atoms with Crippen LogP contribution in [-0.4, -0.2) is 12.6 Å². The van der Waals surface area contributed by atoms with Crippen molar-refractivity contribution in [3.8, 4) is 0 Å². The number of nitrogens with two attached hydrogens (primary N) is 1. The van der Waals surface area contributed by atoms with Crippen LogP contribution in [-0.2, 0) is 17.8 Å². The van der Waals surface area contributed by atoms with Gasteiger partial charge in [0.2, 0.25) is 0 Å². The number of ether oxygens (including phenoxy) is 1. The van der Waals surface area contributed by atoms with Crippen molar-refractivity contribution in [3.63, 3.8) is 0 Å². The monoisotopic (exact) mass is 205 g/mol. The quantitative estimate of drug-likeness (QED) is 0.800. The molecule has 1 aromatic carbocycles. The lowest BCUT2D eigenvalue weighted by Crippen LogP contribution is -2.22. The Morgan fingerprint density at radius 3 is 2.33 bits per heavy atom. The van der Waals surface area contributed by atoms with Gasteiger partial charge in [0.25, 0.3) is 0 Å². The Morgan fingerprint density at radius 1 is 1.20 bits per heavy atom. The van der Waals surface area contributed by atoms with E-state index < -0.39 is 0 Å². The van der Waals surface area contributed by atoms with Gasteiger partial charge < -0.3 is 10.5 Å². The molecule has 0 spiro atoms. The molecule has 0 aliphatic heterocycles. The van der Waals surface area contributed by atoms with E-state index in [1.54, 1.807) is 7.11 Å². The average Bonchev–Trinajstić information content (AvgIpc) is 2.97. The molecule has 0 bridgehead atoms. The first kappa shape index (κ1) is 10.7. The molecule has 0 aromatic heterocycles. The zero-order valence-electron chi connectivity index (χ0n) is 9.33. The average molecular weight is 205 g/mol. The van der Waals surface area contributed by atoms with Gasteiger partial charge in [-0.1, -0.05) is 24.3 Å². The maximum Gasteiger partial charge on any atom is 0.0713 e. The third-order valence-corrected chi connectivity index (χ3v) is 3.14. The highest BCUT2D eigenvalue weighted by Gasteiger charge is 2.37. The van der Waals surface area contributed by atoms with Crippen molar-refractivity contribution in [1.82, 2.24) is 0 Å². The van der Waals surface area contributed by atoms with Gasteiger partial charge in [-0.3, -0.25) is 0 Å². The van der Waals surface area contributed by atoms with Gasteiger partial charge in [0.15, 0.2) is 0 Å². The Balaban J connectivity index is 1.86. The summed E-state index contributed by atoms with van der Waals surface area (Å²) in [4.78, 5) is 0. The minimum Gasteiger partial charge on any atom is -0.380 e. The first-order chi connectivity index (χ1) is 7.22. The van der Waals surface area contributed by atoms with E-state index in [2.05, 4.69) is 24.3 Å². The van der Waals surface area contributed by atoms with Gasteiger partial charge in [-0.15, -0.1) is 0 Å². The number of hydrogen-bond donors (Lipinski definition) is 1. The maximum absolute atomic E-state index is 6.05. The minimum atomic E-state index is 0.172. The topological polar surface area (TPSA) is 35.2 Å². The second kappa shape index (κ2) is 4.33. The third-order valence-electron chi connectivity index (χ3n) is 3.14. The molecule has 2 nitrogen and oxygen atoms in total. The molecule has 1 aliphatic rings. The molecule has 82 valence electrons. The van der Waals surface area contributed by atoms with Crippen molar-refractivity contribution in [2.24, 2.45) is 5.73 Å². The lowest BCUT2D eigenvalue weighted by Gasteiger charge is -2.08. The van der Waals surface area contributed by atoms with E-state index in [1.165, 1.54) is 24.0 Å². The zero-order valence-corrected chi connectivity index (χ0v) is 9.33. The van der Waals surface area contributed by atoms with E-state index in [9.17, 15) is 0 Å². The summed E-state index contributed by atoms with van der Waals surface area (Å²) in [5, 5.41) is 0. The second-order valence-electron chi connectivity index (χ2n) is 4.61. The van der Waals surface area contributed by atoms with Crippen LogP contribution < -0.4 is 5.73 Å². The lowest BCUT2D eigenvalue weighted by molar-refractivity contribution is 0.185. The van der Waals surface area contributed by atoms with Crippen LogP contribution in [0.4, 0.5) is 0 Å². The number of aryl methyl sites for hydroxylation is 1. The van der Waals surface area contributed by atoms with Crippen molar-refractivity contribution in [2.45, 2.75) is 37.8 Å². The smallest absolute Gasteiger partial charge is 0.0713 e. The Hall–Kier alpha value is -0.860. The second-order valence-corrected chi connectivity index (χ2v) is 4.61. The summed E-state index contributed by atoms with van der Waals surface area (Å²) >= 11 is 0. The summed E-state index contributed by atoms with van der Waals surface area (Å²) < 4.78 is 5.07. The predicted molar refractivity (Wildman–Crippen MR) is 61.6 cm³/mol. The fourth-order valence-corrected chi connectivity index (χ4v) is 1.77. The zero-order chi connectivity index (χ0) is 10.7. The van der Waals surface area contributed by atoms with E-state index >= 15 is 0 Å². The fraction of sp³-hybridized carbons (Fsp3) is 0.538. The van der Waals surface area contributed by atoms with Crippen LogP contribution in [0.5, 0.6) is 0 Å². The van der Waals surface area contributed by atoms with E-state index in [0.29, 0.717) is 6.61 Å². The van der Waals surface area contributed by atoms with Gasteiger partial charge in [0.05, 0.1) is 6.61 Å². The Kier molecular flexibility index (Phi) is 3.08. The molecule has 1 aliphatic carbocycles. The fourth-order valence-electron chi connectivity index (χ4n) is 1.77. The maximum atomic E-state index is 6.05. The summed E-state index contributed by atoms with van der Waals surface area (Å²) in [5.41, 5.74) is 8.84. The molecular weight excluding hydrogens is 186 g/mol.